The van der Waals surface area contributed by atoms with E-state index in [2.05, 4.69) is 0 Å². The first-order valence-electron chi connectivity index (χ1n) is 5.93. The maximum Gasteiger partial charge on any atom is 0.118 e. The first kappa shape index (κ1) is 13.1. The molecule has 0 aliphatic rings. The highest BCUT2D eigenvalue weighted by atomic mass is 32.1. The van der Waals surface area contributed by atoms with E-state index < -0.39 is 5.60 Å². The van der Waals surface area contributed by atoms with Crippen molar-refractivity contribution >= 4 is 11.3 Å². The van der Waals surface area contributed by atoms with Gasteiger partial charge in [0.15, 0.2) is 0 Å². The zero-order valence-corrected chi connectivity index (χ0v) is 11.8. The van der Waals surface area contributed by atoms with Crippen LogP contribution in [-0.2, 0) is 12.0 Å². The molecule has 3 heteroatoms. The second-order valence-corrected chi connectivity index (χ2v) is 5.65. The average molecular weight is 262 g/mol. The third kappa shape index (κ3) is 2.74. The number of thiophene rings is 1. The van der Waals surface area contributed by atoms with Gasteiger partial charge in [-0.2, -0.15) is 0 Å². The predicted molar refractivity (Wildman–Crippen MR) is 75.3 cm³/mol. The van der Waals surface area contributed by atoms with Crippen molar-refractivity contribution in [1.82, 2.24) is 0 Å². The molecule has 1 heterocycles. The Labute approximate surface area is 112 Å². The summed E-state index contributed by atoms with van der Waals surface area (Å²) in [4.78, 5) is 1.04. The summed E-state index contributed by atoms with van der Waals surface area (Å²) < 4.78 is 5.13. The number of aliphatic hydroxyl groups is 1. The van der Waals surface area contributed by atoms with Crippen LogP contribution in [0.4, 0.5) is 0 Å². The summed E-state index contributed by atoms with van der Waals surface area (Å²) in [5.74, 6) is 0.839. The van der Waals surface area contributed by atoms with Crippen molar-refractivity contribution in [3.05, 3.63) is 51.7 Å². The minimum absolute atomic E-state index is 0.609. The Morgan fingerprint density at radius 3 is 2.39 bits per heavy atom. The van der Waals surface area contributed by atoms with Crippen LogP contribution in [0.25, 0.3) is 0 Å². The van der Waals surface area contributed by atoms with Crippen LogP contribution in [-0.4, -0.2) is 12.2 Å². The Balaban J connectivity index is 2.19. The van der Waals surface area contributed by atoms with Gasteiger partial charge >= 0.3 is 0 Å². The van der Waals surface area contributed by atoms with Gasteiger partial charge in [-0.25, -0.2) is 0 Å². The third-order valence-electron chi connectivity index (χ3n) is 3.06. The number of hydrogen-bond acceptors (Lipinski definition) is 3. The molecule has 2 aromatic rings. The molecule has 0 saturated carbocycles. The molecule has 18 heavy (non-hydrogen) atoms. The minimum Gasteiger partial charge on any atom is -0.497 e. The summed E-state index contributed by atoms with van der Waals surface area (Å²) in [6.45, 7) is 3.91. The van der Waals surface area contributed by atoms with Gasteiger partial charge in [-0.15, -0.1) is 11.3 Å². The molecule has 0 amide bonds. The molecule has 1 aromatic heterocycles. The molecule has 0 fully saturated rings. The van der Waals surface area contributed by atoms with Gasteiger partial charge in [0.1, 0.15) is 11.4 Å². The Bertz CT molecular complexity index is 512. The van der Waals surface area contributed by atoms with E-state index in [1.165, 1.54) is 0 Å². The van der Waals surface area contributed by atoms with Gasteiger partial charge in [-0.1, -0.05) is 12.1 Å². The lowest BCUT2D eigenvalue weighted by Gasteiger charge is -2.23. The molecular formula is C15H18O2S. The Morgan fingerprint density at radius 1 is 1.22 bits per heavy atom. The van der Waals surface area contributed by atoms with Crippen molar-refractivity contribution in [3.63, 3.8) is 0 Å². The third-order valence-corrected chi connectivity index (χ3v) is 4.33. The molecule has 0 radical (unpaired) electrons. The topological polar surface area (TPSA) is 29.5 Å². The van der Waals surface area contributed by atoms with Crippen LogP contribution in [0.2, 0.25) is 0 Å². The van der Waals surface area contributed by atoms with E-state index in [4.69, 9.17) is 4.74 Å². The van der Waals surface area contributed by atoms with E-state index in [1.807, 2.05) is 49.6 Å². The predicted octanol–water partition coefficient (Wildman–Crippen LogP) is 3.52. The quantitative estimate of drug-likeness (QED) is 0.913. The van der Waals surface area contributed by atoms with E-state index in [0.717, 1.165) is 21.8 Å². The van der Waals surface area contributed by atoms with Gasteiger partial charge in [-0.3, -0.25) is 0 Å². The van der Waals surface area contributed by atoms with Crippen molar-refractivity contribution in [2.75, 3.05) is 7.11 Å². The van der Waals surface area contributed by atoms with E-state index in [0.29, 0.717) is 6.42 Å². The highest BCUT2D eigenvalue weighted by Gasteiger charge is 2.26. The van der Waals surface area contributed by atoms with Gasteiger partial charge in [-0.05, 0) is 48.6 Å². The fourth-order valence-corrected chi connectivity index (χ4v) is 3.13. The molecule has 2 rings (SSSR count). The van der Waals surface area contributed by atoms with E-state index in [9.17, 15) is 5.11 Å². The summed E-state index contributed by atoms with van der Waals surface area (Å²) in [6.07, 6.45) is 0.609. The fraction of sp³-hybridized carbons (Fsp3) is 0.333. The second-order valence-electron chi connectivity index (χ2n) is 4.73. The number of benzene rings is 1. The van der Waals surface area contributed by atoms with Gasteiger partial charge in [0.2, 0.25) is 0 Å². The van der Waals surface area contributed by atoms with Gasteiger partial charge in [0, 0.05) is 11.3 Å². The molecule has 0 aliphatic carbocycles. The van der Waals surface area contributed by atoms with Crippen molar-refractivity contribution < 1.29 is 9.84 Å². The van der Waals surface area contributed by atoms with Gasteiger partial charge in [0.25, 0.3) is 0 Å². The van der Waals surface area contributed by atoms with E-state index >= 15 is 0 Å². The zero-order chi connectivity index (χ0) is 13.2. The molecule has 1 N–H and O–H groups in total. The lowest BCUT2D eigenvalue weighted by atomic mass is 9.93. The van der Waals surface area contributed by atoms with E-state index in [-0.39, 0.29) is 0 Å². The van der Waals surface area contributed by atoms with Crippen molar-refractivity contribution in [1.29, 1.82) is 0 Å². The molecule has 1 unspecified atom stereocenters. The maximum atomic E-state index is 10.6. The molecule has 0 aliphatic heterocycles. The number of aryl methyl sites for hydroxylation is 1. The molecule has 1 aromatic carbocycles. The highest BCUT2D eigenvalue weighted by Crippen LogP contribution is 2.32. The molecule has 0 bridgehead atoms. The summed E-state index contributed by atoms with van der Waals surface area (Å²) >= 11 is 1.61. The molecule has 0 spiro atoms. The van der Waals surface area contributed by atoms with Crippen LogP contribution in [0.3, 0.4) is 0 Å². The van der Waals surface area contributed by atoms with Gasteiger partial charge in [0.05, 0.1) is 7.11 Å². The summed E-state index contributed by atoms with van der Waals surface area (Å²) in [5.41, 5.74) is 1.44. The Kier molecular flexibility index (Phi) is 3.73. The number of rotatable bonds is 4. The zero-order valence-electron chi connectivity index (χ0n) is 10.9. The van der Waals surface area contributed by atoms with Crippen molar-refractivity contribution in [2.45, 2.75) is 25.9 Å². The first-order chi connectivity index (χ1) is 8.53. The van der Waals surface area contributed by atoms with Crippen molar-refractivity contribution in [3.8, 4) is 5.75 Å². The van der Waals surface area contributed by atoms with Crippen LogP contribution >= 0.6 is 11.3 Å². The molecular weight excluding hydrogens is 244 g/mol. The van der Waals surface area contributed by atoms with Crippen molar-refractivity contribution in [2.24, 2.45) is 0 Å². The van der Waals surface area contributed by atoms with E-state index in [1.54, 1.807) is 18.4 Å². The lowest BCUT2D eigenvalue weighted by Crippen LogP contribution is -2.23. The first-order valence-corrected chi connectivity index (χ1v) is 6.81. The largest absolute Gasteiger partial charge is 0.497 e. The minimum atomic E-state index is -0.813. The monoisotopic (exact) mass is 262 g/mol. The molecule has 1 atom stereocenters. The standard InChI is InChI=1S/C15H18O2S/c1-11-8-9-18-14(11)15(2,16)10-12-4-6-13(17-3)7-5-12/h4-9,16H,10H2,1-3H3. The normalized spacial score (nSPS) is 14.2. The average Bonchev–Trinajstić information content (AvgIpc) is 2.77. The lowest BCUT2D eigenvalue weighted by molar-refractivity contribution is 0.0609. The van der Waals surface area contributed by atoms with Gasteiger partial charge < -0.3 is 9.84 Å². The van der Waals surface area contributed by atoms with Crippen LogP contribution in [0.15, 0.2) is 35.7 Å². The molecule has 0 saturated heterocycles. The fourth-order valence-electron chi connectivity index (χ4n) is 2.15. The Hall–Kier alpha value is -1.32. The summed E-state index contributed by atoms with van der Waals surface area (Å²) in [6, 6.07) is 9.88. The second kappa shape index (κ2) is 5.12. The molecule has 96 valence electrons. The summed E-state index contributed by atoms with van der Waals surface area (Å²) in [7, 11) is 1.65. The summed E-state index contributed by atoms with van der Waals surface area (Å²) in [5, 5.41) is 12.6. The number of ether oxygens (including phenoxy) is 1. The SMILES string of the molecule is COc1ccc(CC(C)(O)c2sccc2C)cc1. The van der Waals surface area contributed by atoms with Crippen LogP contribution in [0, 0.1) is 6.92 Å². The highest BCUT2D eigenvalue weighted by molar-refractivity contribution is 7.10. The van der Waals surface area contributed by atoms with Crippen LogP contribution in [0.1, 0.15) is 22.9 Å². The number of hydrogen-bond donors (Lipinski definition) is 1. The Morgan fingerprint density at radius 2 is 1.89 bits per heavy atom. The smallest absolute Gasteiger partial charge is 0.118 e. The van der Waals surface area contributed by atoms with Crippen LogP contribution < -0.4 is 4.74 Å². The molecule has 2 nitrogen and oxygen atoms in total. The van der Waals surface area contributed by atoms with Crippen LogP contribution in [0.5, 0.6) is 5.75 Å². The maximum absolute atomic E-state index is 10.6. The number of methoxy groups -OCH3 is 1.